The van der Waals surface area contributed by atoms with Crippen LogP contribution in [0.3, 0.4) is 0 Å². The van der Waals surface area contributed by atoms with Crippen molar-refractivity contribution in [3.63, 3.8) is 0 Å². The van der Waals surface area contributed by atoms with Crippen LogP contribution in [-0.4, -0.2) is 36.2 Å². The highest BCUT2D eigenvalue weighted by atomic mass is 16.5. The van der Waals surface area contributed by atoms with Crippen LogP contribution >= 0.6 is 0 Å². The summed E-state index contributed by atoms with van der Waals surface area (Å²) in [5, 5.41) is 0. The predicted octanol–water partition coefficient (Wildman–Crippen LogP) is 2.68. The van der Waals surface area contributed by atoms with E-state index in [-0.39, 0.29) is 0 Å². The van der Waals surface area contributed by atoms with Crippen molar-refractivity contribution in [2.24, 2.45) is 0 Å². The number of rotatable bonds is 4. The van der Waals surface area contributed by atoms with Gasteiger partial charge < -0.3 is 4.74 Å². The van der Waals surface area contributed by atoms with Gasteiger partial charge in [-0.3, -0.25) is 9.88 Å². The second-order valence-electron chi connectivity index (χ2n) is 5.06. The molecule has 1 fully saturated rings. The quantitative estimate of drug-likeness (QED) is 0.816. The average molecular weight is 246 g/mol. The molecule has 1 aromatic heterocycles. The van der Waals surface area contributed by atoms with Gasteiger partial charge in [0.05, 0.1) is 24.6 Å². The van der Waals surface area contributed by atoms with E-state index in [0.717, 1.165) is 44.2 Å². The second kappa shape index (κ2) is 6.12. The van der Waals surface area contributed by atoms with Gasteiger partial charge in [0.2, 0.25) is 0 Å². The van der Waals surface area contributed by atoms with Gasteiger partial charge >= 0.3 is 0 Å². The van der Waals surface area contributed by atoms with Crippen LogP contribution in [0.2, 0.25) is 0 Å². The fraction of sp³-hybridized carbons (Fsp3) is 0.533. The van der Waals surface area contributed by atoms with Crippen molar-refractivity contribution < 1.29 is 4.74 Å². The zero-order valence-corrected chi connectivity index (χ0v) is 11.4. The maximum absolute atomic E-state index is 5.37. The summed E-state index contributed by atoms with van der Waals surface area (Å²) in [5.74, 6) is 0.523. The Labute approximate surface area is 109 Å². The van der Waals surface area contributed by atoms with E-state index in [1.807, 2.05) is 6.08 Å². The van der Waals surface area contributed by atoms with Crippen molar-refractivity contribution in [2.75, 3.05) is 26.3 Å². The third-order valence-corrected chi connectivity index (χ3v) is 3.29. The van der Waals surface area contributed by atoms with E-state index < -0.39 is 0 Å². The third kappa shape index (κ3) is 3.40. The largest absolute Gasteiger partial charge is 0.379 e. The molecule has 3 nitrogen and oxygen atoms in total. The van der Waals surface area contributed by atoms with Crippen LogP contribution in [0.15, 0.2) is 18.7 Å². The summed E-state index contributed by atoms with van der Waals surface area (Å²) in [6, 6.07) is 4.34. The Balaban J connectivity index is 2.15. The molecule has 0 aromatic carbocycles. The van der Waals surface area contributed by atoms with E-state index in [1.165, 1.54) is 5.56 Å². The fourth-order valence-electron chi connectivity index (χ4n) is 2.14. The van der Waals surface area contributed by atoms with Gasteiger partial charge in [0.15, 0.2) is 0 Å². The first-order chi connectivity index (χ1) is 8.69. The second-order valence-corrected chi connectivity index (χ2v) is 5.06. The summed E-state index contributed by atoms with van der Waals surface area (Å²) in [6.07, 6.45) is 1.83. The lowest BCUT2D eigenvalue weighted by molar-refractivity contribution is 0.0336. The Morgan fingerprint density at radius 2 is 2.11 bits per heavy atom. The zero-order chi connectivity index (χ0) is 13.0. The molecule has 0 aliphatic carbocycles. The lowest BCUT2D eigenvalue weighted by atomic mass is 10.0. The number of pyridine rings is 1. The molecule has 0 spiro atoms. The predicted molar refractivity (Wildman–Crippen MR) is 74.5 cm³/mol. The van der Waals surface area contributed by atoms with Gasteiger partial charge in [-0.25, -0.2) is 0 Å². The Bertz CT molecular complexity index is 409. The van der Waals surface area contributed by atoms with E-state index in [0.29, 0.717) is 5.92 Å². The standard InChI is InChI=1S/C15H22N2O/c1-4-14-9-13(12(2)3)10-15(16-14)11-17-5-7-18-8-6-17/h4,9-10,12H,1,5-8,11H2,2-3H3. The molecular formula is C15H22N2O. The van der Waals surface area contributed by atoms with Gasteiger partial charge in [-0.05, 0) is 29.7 Å². The number of aromatic nitrogens is 1. The summed E-state index contributed by atoms with van der Waals surface area (Å²) in [4.78, 5) is 7.02. The van der Waals surface area contributed by atoms with Gasteiger partial charge in [-0.2, -0.15) is 0 Å². The molecule has 0 saturated carbocycles. The molecule has 1 aliphatic heterocycles. The highest BCUT2D eigenvalue weighted by molar-refractivity contribution is 5.44. The van der Waals surface area contributed by atoms with Gasteiger partial charge in [-0.15, -0.1) is 0 Å². The lowest BCUT2D eigenvalue weighted by Crippen LogP contribution is -2.35. The summed E-state index contributed by atoms with van der Waals surface area (Å²) in [5.41, 5.74) is 3.45. The zero-order valence-electron chi connectivity index (χ0n) is 11.4. The number of nitrogens with zero attached hydrogens (tertiary/aromatic N) is 2. The molecule has 0 N–H and O–H groups in total. The first kappa shape index (κ1) is 13.2. The smallest absolute Gasteiger partial charge is 0.0630 e. The highest BCUT2D eigenvalue weighted by Gasteiger charge is 2.12. The van der Waals surface area contributed by atoms with Crippen molar-refractivity contribution in [1.29, 1.82) is 0 Å². The number of ether oxygens (including phenoxy) is 1. The van der Waals surface area contributed by atoms with Crippen molar-refractivity contribution in [3.8, 4) is 0 Å². The van der Waals surface area contributed by atoms with E-state index >= 15 is 0 Å². The summed E-state index contributed by atoms with van der Waals surface area (Å²) >= 11 is 0. The minimum absolute atomic E-state index is 0.523. The normalized spacial score (nSPS) is 17.1. The average Bonchev–Trinajstić information content (AvgIpc) is 2.39. The molecule has 0 amide bonds. The topological polar surface area (TPSA) is 25.4 Å². The van der Waals surface area contributed by atoms with Crippen molar-refractivity contribution in [1.82, 2.24) is 9.88 Å². The Morgan fingerprint density at radius 3 is 2.72 bits per heavy atom. The first-order valence-corrected chi connectivity index (χ1v) is 6.62. The fourth-order valence-corrected chi connectivity index (χ4v) is 2.14. The molecule has 2 rings (SSSR count). The minimum atomic E-state index is 0.523. The molecule has 1 saturated heterocycles. The Hall–Kier alpha value is -1.19. The van der Waals surface area contributed by atoms with Gasteiger partial charge in [-0.1, -0.05) is 20.4 Å². The van der Waals surface area contributed by atoms with Crippen LogP contribution in [0, 0.1) is 0 Å². The van der Waals surface area contributed by atoms with Gasteiger partial charge in [0.25, 0.3) is 0 Å². The van der Waals surface area contributed by atoms with Crippen LogP contribution in [0.4, 0.5) is 0 Å². The SMILES string of the molecule is C=Cc1cc(C(C)C)cc(CN2CCOCC2)n1. The highest BCUT2D eigenvalue weighted by Crippen LogP contribution is 2.18. The van der Waals surface area contributed by atoms with Crippen molar-refractivity contribution >= 4 is 6.08 Å². The number of hydrogen-bond acceptors (Lipinski definition) is 3. The number of morpholine rings is 1. The van der Waals surface area contributed by atoms with Crippen LogP contribution in [-0.2, 0) is 11.3 Å². The van der Waals surface area contributed by atoms with Crippen LogP contribution < -0.4 is 0 Å². The minimum Gasteiger partial charge on any atom is -0.379 e. The maximum Gasteiger partial charge on any atom is 0.0630 e. The lowest BCUT2D eigenvalue weighted by Gasteiger charge is -2.26. The molecule has 1 aliphatic rings. The van der Waals surface area contributed by atoms with E-state index in [4.69, 9.17) is 4.74 Å². The van der Waals surface area contributed by atoms with Crippen molar-refractivity contribution in [2.45, 2.75) is 26.3 Å². The van der Waals surface area contributed by atoms with Gasteiger partial charge in [0, 0.05) is 19.6 Å². The molecule has 0 radical (unpaired) electrons. The van der Waals surface area contributed by atoms with E-state index in [9.17, 15) is 0 Å². The van der Waals surface area contributed by atoms with Crippen LogP contribution in [0.5, 0.6) is 0 Å². The van der Waals surface area contributed by atoms with Crippen LogP contribution in [0.1, 0.15) is 36.7 Å². The molecule has 98 valence electrons. The molecule has 18 heavy (non-hydrogen) atoms. The third-order valence-electron chi connectivity index (χ3n) is 3.29. The Morgan fingerprint density at radius 1 is 1.39 bits per heavy atom. The van der Waals surface area contributed by atoms with E-state index in [2.05, 4.69) is 42.4 Å². The summed E-state index contributed by atoms with van der Waals surface area (Å²) in [7, 11) is 0. The Kier molecular flexibility index (Phi) is 4.50. The molecule has 2 heterocycles. The molecule has 0 unspecified atom stereocenters. The summed E-state index contributed by atoms with van der Waals surface area (Å²) < 4.78 is 5.37. The molecule has 0 bridgehead atoms. The maximum atomic E-state index is 5.37. The van der Waals surface area contributed by atoms with Gasteiger partial charge in [0.1, 0.15) is 0 Å². The molecular weight excluding hydrogens is 224 g/mol. The van der Waals surface area contributed by atoms with Crippen LogP contribution in [0.25, 0.3) is 6.08 Å². The van der Waals surface area contributed by atoms with E-state index in [1.54, 1.807) is 0 Å². The molecule has 0 atom stereocenters. The monoisotopic (exact) mass is 246 g/mol. The van der Waals surface area contributed by atoms with Crippen molar-refractivity contribution in [3.05, 3.63) is 35.7 Å². The number of hydrogen-bond donors (Lipinski definition) is 0. The molecule has 1 aromatic rings. The molecule has 3 heteroatoms. The first-order valence-electron chi connectivity index (χ1n) is 6.62. The summed E-state index contributed by atoms with van der Waals surface area (Å²) in [6.45, 7) is 12.8.